The van der Waals surface area contributed by atoms with Gasteiger partial charge in [-0.1, -0.05) is 13.8 Å². The van der Waals surface area contributed by atoms with Crippen molar-refractivity contribution in [3.8, 4) is 0 Å². The summed E-state index contributed by atoms with van der Waals surface area (Å²) in [5, 5.41) is 0. The molecule has 0 radical (unpaired) electrons. The molecule has 1 fully saturated rings. The number of nitrogens with zero attached hydrogens (tertiary/aromatic N) is 2. The molecule has 0 bridgehead atoms. The molecule has 0 aromatic carbocycles. The zero-order valence-electron chi connectivity index (χ0n) is 11.9. The Labute approximate surface area is 107 Å². The van der Waals surface area contributed by atoms with Crippen LogP contribution in [0, 0.1) is 0 Å². The Hall–Kier alpha value is 0.0569. The van der Waals surface area contributed by atoms with Crippen molar-refractivity contribution in [1.29, 1.82) is 0 Å². The van der Waals surface area contributed by atoms with Gasteiger partial charge in [0, 0.05) is 20.3 Å². The van der Waals surface area contributed by atoms with E-state index in [0.717, 1.165) is 32.2 Å². The van der Waals surface area contributed by atoms with E-state index in [1.54, 1.807) is 14.2 Å². The lowest BCUT2D eigenvalue weighted by atomic mass is 10.3. The van der Waals surface area contributed by atoms with Crippen molar-refractivity contribution in [1.82, 2.24) is 9.47 Å². The molecule has 1 rings (SSSR count). The third-order valence-electron chi connectivity index (χ3n) is 3.84. The van der Waals surface area contributed by atoms with Crippen molar-refractivity contribution >= 4 is 8.72 Å². The SMILES string of the molecule is CCN(CC)CCCN1CCC[Si]1(OC)OC. The second-order valence-electron chi connectivity index (χ2n) is 4.59. The topological polar surface area (TPSA) is 24.9 Å². The molecule has 0 N–H and O–H groups in total. The van der Waals surface area contributed by atoms with Crippen LogP contribution in [0.3, 0.4) is 0 Å². The van der Waals surface area contributed by atoms with E-state index in [9.17, 15) is 0 Å². The summed E-state index contributed by atoms with van der Waals surface area (Å²) in [6, 6.07) is 1.12. The third kappa shape index (κ3) is 3.76. The maximum absolute atomic E-state index is 5.70. The fourth-order valence-electron chi connectivity index (χ4n) is 2.67. The summed E-state index contributed by atoms with van der Waals surface area (Å²) in [7, 11) is 1.62. The van der Waals surface area contributed by atoms with Gasteiger partial charge >= 0.3 is 8.72 Å². The molecular weight excluding hydrogens is 232 g/mol. The minimum atomic E-state index is -1.99. The first-order valence-corrected chi connectivity index (χ1v) is 8.77. The van der Waals surface area contributed by atoms with Gasteiger partial charge in [0.25, 0.3) is 0 Å². The Balaban J connectivity index is 2.35. The van der Waals surface area contributed by atoms with Crippen LogP contribution in [-0.2, 0) is 8.85 Å². The summed E-state index contributed by atoms with van der Waals surface area (Å²) in [6.07, 6.45) is 2.43. The predicted molar refractivity (Wildman–Crippen MR) is 73.2 cm³/mol. The Kier molecular flexibility index (Phi) is 6.65. The van der Waals surface area contributed by atoms with Gasteiger partial charge in [-0.3, -0.25) is 4.57 Å². The van der Waals surface area contributed by atoms with Crippen molar-refractivity contribution in [2.75, 3.05) is 46.9 Å². The normalized spacial score (nSPS) is 20.3. The fraction of sp³-hybridized carbons (Fsp3) is 1.00. The molecule has 0 aromatic heterocycles. The van der Waals surface area contributed by atoms with E-state index in [4.69, 9.17) is 8.85 Å². The van der Waals surface area contributed by atoms with Crippen molar-refractivity contribution in [2.24, 2.45) is 0 Å². The van der Waals surface area contributed by atoms with Crippen LogP contribution < -0.4 is 0 Å². The average Bonchev–Trinajstić information content (AvgIpc) is 2.78. The Morgan fingerprint density at radius 3 is 2.35 bits per heavy atom. The molecule has 1 aliphatic heterocycles. The van der Waals surface area contributed by atoms with Gasteiger partial charge in [0.15, 0.2) is 0 Å². The van der Waals surface area contributed by atoms with Crippen molar-refractivity contribution < 1.29 is 8.85 Å². The molecule has 0 amide bonds. The van der Waals surface area contributed by atoms with E-state index in [2.05, 4.69) is 23.3 Å². The van der Waals surface area contributed by atoms with E-state index in [1.165, 1.54) is 19.4 Å². The fourth-order valence-corrected chi connectivity index (χ4v) is 5.68. The van der Waals surface area contributed by atoms with Gasteiger partial charge in [0.2, 0.25) is 0 Å². The van der Waals surface area contributed by atoms with Crippen LogP contribution >= 0.6 is 0 Å². The maximum atomic E-state index is 5.70. The van der Waals surface area contributed by atoms with Crippen LogP contribution in [-0.4, -0.2) is 65.1 Å². The van der Waals surface area contributed by atoms with Gasteiger partial charge in [-0.25, -0.2) is 0 Å². The molecule has 0 saturated carbocycles. The van der Waals surface area contributed by atoms with E-state index in [-0.39, 0.29) is 0 Å². The molecule has 102 valence electrons. The summed E-state index contributed by atoms with van der Waals surface area (Å²) < 4.78 is 13.9. The van der Waals surface area contributed by atoms with Crippen LogP contribution in [0.4, 0.5) is 0 Å². The van der Waals surface area contributed by atoms with E-state index in [1.807, 2.05) is 0 Å². The second kappa shape index (κ2) is 7.48. The van der Waals surface area contributed by atoms with E-state index < -0.39 is 8.72 Å². The first-order valence-electron chi connectivity index (χ1n) is 6.80. The highest BCUT2D eigenvalue weighted by molar-refractivity contribution is 6.65. The second-order valence-corrected chi connectivity index (χ2v) is 7.97. The van der Waals surface area contributed by atoms with Gasteiger partial charge in [-0.15, -0.1) is 0 Å². The van der Waals surface area contributed by atoms with Gasteiger partial charge < -0.3 is 13.8 Å². The standard InChI is InChI=1S/C12H28N2O2Si/c1-5-13(6-2)9-7-10-14-11-8-12-17(14,15-3)16-4/h5-12H2,1-4H3. The van der Waals surface area contributed by atoms with E-state index >= 15 is 0 Å². The number of hydrogen-bond acceptors (Lipinski definition) is 4. The molecule has 17 heavy (non-hydrogen) atoms. The molecule has 0 atom stereocenters. The Bertz CT molecular complexity index is 209. The lowest BCUT2D eigenvalue weighted by Gasteiger charge is -2.32. The van der Waals surface area contributed by atoms with Crippen LogP contribution in [0.1, 0.15) is 26.7 Å². The lowest BCUT2D eigenvalue weighted by Crippen LogP contribution is -2.53. The summed E-state index contributed by atoms with van der Waals surface area (Å²) in [4.78, 5) is 2.47. The highest BCUT2D eigenvalue weighted by Gasteiger charge is 2.46. The van der Waals surface area contributed by atoms with Gasteiger partial charge in [0.1, 0.15) is 0 Å². The molecule has 1 heterocycles. The number of rotatable bonds is 8. The molecule has 1 aliphatic rings. The molecule has 1 saturated heterocycles. The first kappa shape index (κ1) is 15.1. The van der Waals surface area contributed by atoms with Gasteiger partial charge in [-0.2, -0.15) is 0 Å². The van der Waals surface area contributed by atoms with Crippen molar-refractivity contribution in [3.63, 3.8) is 0 Å². The smallest absolute Gasteiger partial charge is 0.386 e. The zero-order chi connectivity index (χ0) is 12.7. The maximum Gasteiger partial charge on any atom is 0.427 e. The van der Waals surface area contributed by atoms with Crippen LogP contribution in [0.25, 0.3) is 0 Å². The van der Waals surface area contributed by atoms with Crippen molar-refractivity contribution in [3.05, 3.63) is 0 Å². The molecule has 0 aromatic rings. The monoisotopic (exact) mass is 260 g/mol. The largest absolute Gasteiger partial charge is 0.427 e. The Morgan fingerprint density at radius 1 is 1.18 bits per heavy atom. The minimum absolute atomic E-state index is 1.12. The molecule has 0 unspecified atom stereocenters. The van der Waals surface area contributed by atoms with Crippen molar-refractivity contribution in [2.45, 2.75) is 32.7 Å². The van der Waals surface area contributed by atoms with Gasteiger partial charge in [-0.05, 0) is 45.6 Å². The van der Waals surface area contributed by atoms with Crippen LogP contribution in [0.15, 0.2) is 0 Å². The summed E-state index contributed by atoms with van der Waals surface area (Å²) in [5.74, 6) is 0. The summed E-state index contributed by atoms with van der Waals surface area (Å²) in [6.45, 7) is 10.2. The molecule has 5 heteroatoms. The average molecular weight is 260 g/mol. The lowest BCUT2D eigenvalue weighted by molar-refractivity contribution is 0.177. The molecule has 0 spiro atoms. The quantitative estimate of drug-likeness (QED) is 0.620. The van der Waals surface area contributed by atoms with Crippen LogP contribution in [0.5, 0.6) is 0 Å². The highest BCUT2D eigenvalue weighted by Crippen LogP contribution is 2.26. The summed E-state index contributed by atoms with van der Waals surface area (Å²) >= 11 is 0. The zero-order valence-corrected chi connectivity index (χ0v) is 12.9. The predicted octanol–water partition coefficient (Wildman–Crippen LogP) is 1.66. The molecule has 0 aliphatic carbocycles. The van der Waals surface area contributed by atoms with E-state index in [0.29, 0.717) is 0 Å². The minimum Gasteiger partial charge on any atom is -0.386 e. The number of hydrogen-bond donors (Lipinski definition) is 0. The highest BCUT2D eigenvalue weighted by atomic mass is 28.4. The van der Waals surface area contributed by atoms with Gasteiger partial charge in [0.05, 0.1) is 0 Å². The molecular formula is C12H28N2O2Si. The Morgan fingerprint density at radius 2 is 1.82 bits per heavy atom. The van der Waals surface area contributed by atoms with Crippen LogP contribution in [0.2, 0.25) is 6.04 Å². The summed E-state index contributed by atoms with van der Waals surface area (Å²) in [5.41, 5.74) is 0. The first-order chi connectivity index (χ1) is 8.22. The third-order valence-corrected chi connectivity index (χ3v) is 7.51. The molecule has 4 nitrogen and oxygen atoms in total.